The van der Waals surface area contributed by atoms with Gasteiger partial charge in [0.15, 0.2) is 0 Å². The number of sulfonamides is 1. The quantitative estimate of drug-likeness (QED) is 0.436. The minimum absolute atomic E-state index is 0.0159. The van der Waals surface area contributed by atoms with Crippen LogP contribution in [0.4, 0.5) is 5.69 Å². The van der Waals surface area contributed by atoms with Crippen molar-refractivity contribution >= 4 is 32.4 Å². The van der Waals surface area contributed by atoms with Gasteiger partial charge in [-0.1, -0.05) is 24.3 Å². The van der Waals surface area contributed by atoms with Crippen LogP contribution in [0.2, 0.25) is 0 Å². The Bertz CT molecular complexity index is 815. The van der Waals surface area contributed by atoms with Crippen molar-refractivity contribution in [1.29, 1.82) is 0 Å². The Kier molecular flexibility index (Phi) is 4.53. The molecule has 8 heteroatoms. The molecule has 0 fully saturated rings. The monoisotopic (exact) mass is 321 g/mol. The molecule has 118 valence electrons. The van der Waals surface area contributed by atoms with Crippen molar-refractivity contribution in [2.24, 2.45) is 10.7 Å². The topological polar surface area (TPSA) is 99.8 Å². The van der Waals surface area contributed by atoms with E-state index in [0.717, 1.165) is 11.1 Å². The van der Waals surface area contributed by atoms with Gasteiger partial charge in [-0.15, -0.1) is 4.83 Å². The van der Waals surface area contributed by atoms with E-state index in [1.54, 1.807) is 18.2 Å². The first-order valence-electron chi connectivity index (χ1n) is 6.56. The highest BCUT2D eigenvalue weighted by molar-refractivity contribution is 7.89. The molecule has 2 rings (SSSR count). The van der Waals surface area contributed by atoms with Gasteiger partial charge in [0, 0.05) is 37.6 Å². The Morgan fingerprint density at radius 3 is 2.41 bits per heavy atom. The molecule has 0 radical (unpaired) electrons. The summed E-state index contributed by atoms with van der Waals surface area (Å²) in [4.78, 5) is 7.96. The molecular formula is C14H19N5O2S. The summed E-state index contributed by atoms with van der Waals surface area (Å²) in [6.07, 6.45) is 0. The third kappa shape index (κ3) is 3.12. The molecular weight excluding hydrogens is 302 g/mol. The van der Waals surface area contributed by atoms with Crippen molar-refractivity contribution in [2.45, 2.75) is 4.90 Å². The highest BCUT2D eigenvalue weighted by Gasteiger charge is 2.18. The van der Waals surface area contributed by atoms with Gasteiger partial charge in [0.25, 0.3) is 10.0 Å². The normalized spacial score (nSPS) is 12.4. The lowest BCUT2D eigenvalue weighted by Crippen LogP contribution is -2.45. The van der Waals surface area contributed by atoms with Crippen LogP contribution in [0.25, 0.3) is 10.8 Å². The zero-order valence-electron chi connectivity index (χ0n) is 12.7. The second kappa shape index (κ2) is 6.20. The maximum atomic E-state index is 12.4. The van der Waals surface area contributed by atoms with E-state index >= 15 is 0 Å². The summed E-state index contributed by atoms with van der Waals surface area (Å²) in [7, 11) is 1.50. The fraction of sp³-hybridized carbons (Fsp3) is 0.214. The molecule has 0 saturated heterocycles. The van der Waals surface area contributed by atoms with Crippen molar-refractivity contribution < 1.29 is 8.42 Å². The third-order valence-electron chi connectivity index (χ3n) is 3.18. The highest BCUT2D eigenvalue weighted by atomic mass is 32.2. The van der Waals surface area contributed by atoms with Gasteiger partial charge in [-0.25, -0.2) is 8.42 Å². The van der Waals surface area contributed by atoms with E-state index in [1.165, 1.54) is 7.05 Å². The number of fused-ring (bicyclic) bond motifs is 1. The summed E-state index contributed by atoms with van der Waals surface area (Å²) in [5.41, 5.74) is 8.73. The molecule has 7 nitrogen and oxygen atoms in total. The van der Waals surface area contributed by atoms with Gasteiger partial charge in [-0.2, -0.15) is 0 Å². The summed E-state index contributed by atoms with van der Waals surface area (Å²) in [6, 6.07) is 10.7. The Labute approximate surface area is 129 Å². The van der Waals surface area contributed by atoms with Gasteiger partial charge in [0.05, 0.1) is 4.90 Å². The van der Waals surface area contributed by atoms with Crippen LogP contribution in [-0.2, 0) is 10.0 Å². The van der Waals surface area contributed by atoms with E-state index in [4.69, 9.17) is 5.73 Å². The molecule has 0 aliphatic carbocycles. The molecule has 2 aromatic carbocycles. The standard InChI is InChI=1S/C14H19N5O2S/c1-16-14(15)17-18-22(20,21)13-9-5-6-10-11(13)7-4-8-12(10)19(2)3/h4-9,18H,1-3H3,(H3,15,16,17). The van der Waals surface area contributed by atoms with Crippen LogP contribution in [0.3, 0.4) is 0 Å². The lowest BCUT2D eigenvalue weighted by Gasteiger charge is -2.17. The predicted molar refractivity (Wildman–Crippen MR) is 89.3 cm³/mol. The summed E-state index contributed by atoms with van der Waals surface area (Å²) in [5.74, 6) is -0.0159. The maximum Gasteiger partial charge on any atom is 0.258 e. The molecule has 0 heterocycles. The van der Waals surface area contributed by atoms with Crippen molar-refractivity contribution in [3.63, 3.8) is 0 Å². The molecule has 4 N–H and O–H groups in total. The number of hydrogen-bond acceptors (Lipinski definition) is 4. The molecule has 0 aliphatic rings. The number of benzene rings is 2. The first-order chi connectivity index (χ1) is 10.4. The van der Waals surface area contributed by atoms with Gasteiger partial charge in [-0.3, -0.25) is 10.4 Å². The molecule has 0 unspecified atom stereocenters. The third-order valence-corrected chi connectivity index (χ3v) is 4.49. The number of hydrogen-bond donors (Lipinski definition) is 3. The predicted octanol–water partition coefficient (Wildman–Crippen LogP) is 0.633. The lowest BCUT2D eigenvalue weighted by molar-refractivity contribution is 0.578. The number of guanidine groups is 1. The second-order valence-electron chi connectivity index (χ2n) is 4.86. The summed E-state index contributed by atoms with van der Waals surface area (Å²) in [5, 5.41) is 1.49. The van der Waals surface area contributed by atoms with E-state index in [9.17, 15) is 8.42 Å². The molecule has 0 spiro atoms. The Balaban J connectivity index is 2.54. The van der Waals surface area contributed by atoms with Gasteiger partial charge in [-0.05, 0) is 12.1 Å². The number of nitrogens with two attached hydrogens (primary N) is 1. The summed E-state index contributed by atoms with van der Waals surface area (Å²) < 4.78 is 24.9. The van der Waals surface area contributed by atoms with Gasteiger partial charge in [0.1, 0.15) is 0 Å². The summed E-state index contributed by atoms with van der Waals surface area (Å²) in [6.45, 7) is 0. The van der Waals surface area contributed by atoms with Gasteiger partial charge >= 0.3 is 0 Å². The van der Waals surface area contributed by atoms with Crippen LogP contribution < -0.4 is 20.9 Å². The fourth-order valence-electron chi connectivity index (χ4n) is 2.12. The summed E-state index contributed by atoms with van der Waals surface area (Å²) >= 11 is 0. The number of rotatable bonds is 4. The van der Waals surface area contributed by atoms with Crippen molar-refractivity contribution in [1.82, 2.24) is 10.3 Å². The second-order valence-corrected chi connectivity index (χ2v) is 6.51. The van der Waals surface area contributed by atoms with Crippen LogP contribution >= 0.6 is 0 Å². The Morgan fingerprint density at radius 1 is 1.14 bits per heavy atom. The minimum atomic E-state index is -3.77. The molecule has 0 amide bonds. The fourth-order valence-corrected chi connectivity index (χ4v) is 3.19. The largest absolute Gasteiger partial charge is 0.377 e. The first kappa shape index (κ1) is 16.1. The van der Waals surface area contributed by atoms with E-state index in [2.05, 4.69) is 15.2 Å². The van der Waals surface area contributed by atoms with Crippen LogP contribution in [0.15, 0.2) is 46.3 Å². The zero-order chi connectivity index (χ0) is 16.3. The van der Waals surface area contributed by atoms with E-state index in [0.29, 0.717) is 5.39 Å². The van der Waals surface area contributed by atoms with Gasteiger partial charge < -0.3 is 10.6 Å². The van der Waals surface area contributed by atoms with Crippen LogP contribution in [0, 0.1) is 0 Å². The molecule has 0 atom stereocenters. The molecule has 0 bridgehead atoms. The van der Waals surface area contributed by atoms with Crippen LogP contribution in [0.1, 0.15) is 0 Å². The molecule has 0 aliphatic heterocycles. The molecule has 22 heavy (non-hydrogen) atoms. The number of nitrogens with one attached hydrogen (secondary N) is 2. The van der Waals surface area contributed by atoms with E-state index in [-0.39, 0.29) is 10.9 Å². The maximum absolute atomic E-state index is 12.4. The molecule has 0 aromatic heterocycles. The van der Waals surface area contributed by atoms with Crippen molar-refractivity contribution in [2.75, 3.05) is 26.0 Å². The van der Waals surface area contributed by atoms with E-state index in [1.807, 2.05) is 37.2 Å². The number of hydrazine groups is 1. The molecule has 0 saturated carbocycles. The first-order valence-corrected chi connectivity index (χ1v) is 8.04. The molecule has 2 aromatic rings. The minimum Gasteiger partial charge on any atom is -0.377 e. The van der Waals surface area contributed by atoms with Crippen LogP contribution in [-0.4, -0.2) is 35.5 Å². The highest BCUT2D eigenvalue weighted by Crippen LogP contribution is 2.29. The zero-order valence-corrected chi connectivity index (χ0v) is 13.5. The van der Waals surface area contributed by atoms with Crippen LogP contribution in [0.5, 0.6) is 0 Å². The smallest absolute Gasteiger partial charge is 0.258 e. The average Bonchev–Trinajstić information content (AvgIpc) is 2.51. The number of anilines is 1. The average molecular weight is 321 g/mol. The Morgan fingerprint density at radius 2 is 1.77 bits per heavy atom. The van der Waals surface area contributed by atoms with Crippen molar-refractivity contribution in [3.05, 3.63) is 36.4 Å². The lowest BCUT2D eigenvalue weighted by atomic mass is 10.1. The Hall–Kier alpha value is -2.32. The number of aliphatic imine (C=N–C) groups is 1. The van der Waals surface area contributed by atoms with Gasteiger partial charge in [0.2, 0.25) is 5.96 Å². The van der Waals surface area contributed by atoms with Crippen molar-refractivity contribution in [3.8, 4) is 0 Å². The SMILES string of the molecule is CN=C(N)NNS(=O)(=O)c1cccc2c(N(C)C)cccc12. The van der Waals surface area contributed by atoms with E-state index < -0.39 is 10.0 Å². The number of nitrogens with zero attached hydrogens (tertiary/aromatic N) is 2.